The number of fused-ring (bicyclic) bond motifs is 1. The summed E-state index contributed by atoms with van der Waals surface area (Å²) in [7, 11) is 1.90. The Bertz CT molecular complexity index is 567. The Morgan fingerprint density at radius 1 is 1.60 bits per heavy atom. The molecule has 2 aromatic heterocycles. The van der Waals surface area contributed by atoms with Crippen LogP contribution in [0.3, 0.4) is 0 Å². The molecule has 0 radical (unpaired) electrons. The highest BCUT2D eigenvalue weighted by atomic mass is 32.1. The maximum atomic E-state index is 12.3. The van der Waals surface area contributed by atoms with Crippen LogP contribution >= 0.6 is 11.3 Å². The van der Waals surface area contributed by atoms with Gasteiger partial charge in [-0.1, -0.05) is 19.8 Å². The molecule has 0 bridgehead atoms. The van der Waals surface area contributed by atoms with E-state index in [2.05, 4.69) is 17.3 Å². The number of carbonyl (C=O) groups excluding carboxylic acids is 1. The van der Waals surface area contributed by atoms with Gasteiger partial charge in [0.1, 0.15) is 4.83 Å². The second kappa shape index (κ2) is 6.37. The third kappa shape index (κ3) is 3.02. The normalized spacial score (nSPS) is 12.8. The summed E-state index contributed by atoms with van der Waals surface area (Å²) >= 11 is 1.48. The lowest BCUT2D eigenvalue weighted by atomic mass is 10.1. The monoisotopic (exact) mass is 294 g/mol. The highest BCUT2D eigenvalue weighted by Gasteiger charge is 2.17. The van der Waals surface area contributed by atoms with Gasteiger partial charge in [0.2, 0.25) is 0 Å². The van der Waals surface area contributed by atoms with Gasteiger partial charge in [-0.05, 0) is 19.4 Å². The van der Waals surface area contributed by atoms with E-state index in [1.54, 1.807) is 0 Å². The van der Waals surface area contributed by atoms with Crippen LogP contribution in [0.1, 0.15) is 41.6 Å². The fourth-order valence-corrected chi connectivity index (χ4v) is 3.30. The van der Waals surface area contributed by atoms with E-state index in [9.17, 15) is 4.79 Å². The average molecular weight is 294 g/mol. The summed E-state index contributed by atoms with van der Waals surface area (Å²) < 4.78 is 1.82. The smallest absolute Gasteiger partial charge is 0.261 e. The molecule has 2 rings (SSSR count). The minimum Gasteiger partial charge on any atom is -0.347 e. The maximum Gasteiger partial charge on any atom is 0.261 e. The molecule has 6 heteroatoms. The topological polar surface area (TPSA) is 72.9 Å². The first-order valence-electron chi connectivity index (χ1n) is 7.00. The summed E-state index contributed by atoms with van der Waals surface area (Å²) in [5, 5.41) is 8.42. The van der Waals surface area contributed by atoms with E-state index in [0.29, 0.717) is 6.54 Å². The summed E-state index contributed by atoms with van der Waals surface area (Å²) in [5.41, 5.74) is 6.68. The zero-order valence-corrected chi connectivity index (χ0v) is 13.1. The molecule has 0 saturated heterocycles. The van der Waals surface area contributed by atoms with Crippen LogP contribution in [-0.4, -0.2) is 28.3 Å². The van der Waals surface area contributed by atoms with E-state index in [1.807, 2.05) is 24.7 Å². The van der Waals surface area contributed by atoms with Crippen LogP contribution in [0.15, 0.2) is 6.07 Å². The van der Waals surface area contributed by atoms with E-state index >= 15 is 0 Å². The van der Waals surface area contributed by atoms with Crippen LogP contribution in [-0.2, 0) is 7.05 Å². The first-order valence-corrected chi connectivity index (χ1v) is 7.82. The Labute approximate surface area is 123 Å². The number of thiophene rings is 1. The minimum absolute atomic E-state index is 0.0304. The van der Waals surface area contributed by atoms with Crippen molar-refractivity contribution >= 4 is 27.5 Å². The Kier molecular flexibility index (Phi) is 4.77. The molecule has 0 aliphatic rings. The largest absolute Gasteiger partial charge is 0.347 e. The first kappa shape index (κ1) is 15.0. The van der Waals surface area contributed by atoms with Crippen LogP contribution in [0.4, 0.5) is 0 Å². The molecule has 2 aromatic rings. The molecule has 1 atom stereocenters. The number of amides is 1. The van der Waals surface area contributed by atoms with Crippen molar-refractivity contribution in [1.82, 2.24) is 15.1 Å². The lowest BCUT2D eigenvalue weighted by Crippen LogP contribution is -2.39. The standard InChI is InChI=1S/C14H22N4OS/c1-4-5-6-10(8-15)16-13(19)12-7-11-9(2)17-18(3)14(11)20-12/h7,10H,4-6,8,15H2,1-3H3,(H,16,19). The number of rotatable bonds is 6. The van der Waals surface area contributed by atoms with E-state index in [4.69, 9.17) is 5.73 Å². The van der Waals surface area contributed by atoms with Crippen LogP contribution in [0.5, 0.6) is 0 Å². The number of carbonyl (C=O) groups is 1. The van der Waals surface area contributed by atoms with E-state index in [0.717, 1.165) is 40.1 Å². The fourth-order valence-electron chi connectivity index (χ4n) is 2.27. The number of hydrogen-bond acceptors (Lipinski definition) is 4. The average Bonchev–Trinajstić information content (AvgIpc) is 2.97. The molecule has 0 aromatic carbocycles. The van der Waals surface area contributed by atoms with Crippen molar-refractivity contribution in [1.29, 1.82) is 0 Å². The van der Waals surface area contributed by atoms with Crippen LogP contribution < -0.4 is 11.1 Å². The van der Waals surface area contributed by atoms with Crippen molar-refractivity contribution < 1.29 is 4.79 Å². The molecule has 0 aliphatic heterocycles. The van der Waals surface area contributed by atoms with Crippen molar-refractivity contribution in [2.24, 2.45) is 12.8 Å². The van der Waals surface area contributed by atoms with Crippen LogP contribution in [0.2, 0.25) is 0 Å². The van der Waals surface area contributed by atoms with Gasteiger partial charge in [-0.3, -0.25) is 9.48 Å². The van der Waals surface area contributed by atoms with E-state index in [-0.39, 0.29) is 11.9 Å². The highest BCUT2D eigenvalue weighted by molar-refractivity contribution is 7.20. The van der Waals surface area contributed by atoms with Crippen molar-refractivity contribution in [3.8, 4) is 0 Å². The number of hydrogen-bond donors (Lipinski definition) is 2. The number of nitrogens with zero attached hydrogens (tertiary/aromatic N) is 2. The van der Waals surface area contributed by atoms with Crippen LogP contribution in [0.25, 0.3) is 10.2 Å². The molecular formula is C14H22N4OS. The van der Waals surface area contributed by atoms with Crippen molar-refractivity contribution in [3.63, 3.8) is 0 Å². The van der Waals surface area contributed by atoms with Gasteiger partial charge in [0.25, 0.3) is 5.91 Å². The summed E-state index contributed by atoms with van der Waals surface area (Å²) in [6, 6.07) is 1.98. The number of nitrogens with one attached hydrogen (secondary N) is 1. The van der Waals surface area contributed by atoms with Gasteiger partial charge < -0.3 is 11.1 Å². The van der Waals surface area contributed by atoms with Gasteiger partial charge in [-0.25, -0.2) is 0 Å². The van der Waals surface area contributed by atoms with Crippen LogP contribution in [0, 0.1) is 6.92 Å². The molecule has 20 heavy (non-hydrogen) atoms. The molecule has 1 unspecified atom stereocenters. The predicted octanol–water partition coefficient (Wildman–Crippen LogP) is 2.19. The number of unbranched alkanes of at least 4 members (excludes halogenated alkanes) is 1. The highest BCUT2D eigenvalue weighted by Crippen LogP contribution is 2.27. The molecule has 0 fully saturated rings. The van der Waals surface area contributed by atoms with Gasteiger partial charge in [-0.15, -0.1) is 11.3 Å². The maximum absolute atomic E-state index is 12.3. The molecule has 0 spiro atoms. The summed E-state index contributed by atoms with van der Waals surface area (Å²) in [5.74, 6) is -0.0304. The van der Waals surface area contributed by atoms with Gasteiger partial charge >= 0.3 is 0 Å². The minimum atomic E-state index is -0.0304. The summed E-state index contributed by atoms with van der Waals surface area (Å²) in [6.07, 6.45) is 3.13. The Morgan fingerprint density at radius 2 is 2.35 bits per heavy atom. The number of nitrogens with two attached hydrogens (primary N) is 1. The number of aryl methyl sites for hydroxylation is 2. The Balaban J connectivity index is 2.12. The zero-order valence-electron chi connectivity index (χ0n) is 12.3. The lowest BCUT2D eigenvalue weighted by molar-refractivity contribution is 0.0940. The zero-order chi connectivity index (χ0) is 14.7. The summed E-state index contributed by atoms with van der Waals surface area (Å²) in [4.78, 5) is 14.0. The van der Waals surface area contributed by atoms with E-state index < -0.39 is 0 Å². The second-order valence-electron chi connectivity index (χ2n) is 5.09. The molecule has 110 valence electrons. The first-order chi connectivity index (χ1) is 9.56. The molecule has 0 saturated carbocycles. The van der Waals surface area contributed by atoms with Gasteiger partial charge in [0.15, 0.2) is 0 Å². The summed E-state index contributed by atoms with van der Waals surface area (Å²) in [6.45, 7) is 4.58. The second-order valence-corrected chi connectivity index (χ2v) is 6.12. The SMILES string of the molecule is CCCCC(CN)NC(=O)c1cc2c(C)nn(C)c2s1. The quantitative estimate of drug-likeness (QED) is 0.857. The predicted molar refractivity (Wildman–Crippen MR) is 83.2 cm³/mol. The van der Waals surface area contributed by atoms with Crippen molar-refractivity contribution in [2.75, 3.05) is 6.54 Å². The van der Waals surface area contributed by atoms with Crippen molar-refractivity contribution in [2.45, 2.75) is 39.2 Å². The molecular weight excluding hydrogens is 272 g/mol. The van der Waals surface area contributed by atoms with Gasteiger partial charge in [0, 0.05) is 25.0 Å². The third-order valence-corrected chi connectivity index (χ3v) is 4.65. The van der Waals surface area contributed by atoms with E-state index in [1.165, 1.54) is 11.3 Å². The third-order valence-electron chi connectivity index (χ3n) is 3.45. The van der Waals surface area contributed by atoms with Gasteiger partial charge in [-0.2, -0.15) is 5.10 Å². The molecule has 1 amide bonds. The van der Waals surface area contributed by atoms with Crippen molar-refractivity contribution in [3.05, 3.63) is 16.6 Å². The fraction of sp³-hybridized carbons (Fsp3) is 0.571. The number of aromatic nitrogens is 2. The molecule has 5 nitrogen and oxygen atoms in total. The molecule has 0 aliphatic carbocycles. The molecule has 2 heterocycles. The molecule has 3 N–H and O–H groups in total. The Morgan fingerprint density at radius 3 is 2.95 bits per heavy atom. The van der Waals surface area contributed by atoms with Gasteiger partial charge in [0.05, 0.1) is 10.6 Å². The lowest BCUT2D eigenvalue weighted by Gasteiger charge is -2.15. The Hall–Kier alpha value is -1.40.